The molecule has 0 saturated carbocycles. The van der Waals surface area contributed by atoms with Crippen molar-refractivity contribution in [1.82, 2.24) is 10.3 Å². The largest absolute Gasteiger partial charge is 0.494 e. The maximum absolute atomic E-state index is 13.1. The van der Waals surface area contributed by atoms with Crippen molar-refractivity contribution in [2.24, 2.45) is 0 Å². The van der Waals surface area contributed by atoms with Gasteiger partial charge in [-0.05, 0) is 60.5 Å². The summed E-state index contributed by atoms with van der Waals surface area (Å²) in [7, 11) is 1.61. The Bertz CT molecular complexity index is 1030. The van der Waals surface area contributed by atoms with Crippen molar-refractivity contribution in [3.8, 4) is 5.75 Å². The first kappa shape index (κ1) is 17.6. The van der Waals surface area contributed by atoms with Crippen LogP contribution in [0.4, 0.5) is 9.52 Å². The van der Waals surface area contributed by atoms with Gasteiger partial charge in [-0.15, -0.1) is 0 Å². The standard InChI is InChI=1S/C20H18FN3O2S/c1-26-16-7-6-15(12-8-10-22-11-9-12)18-17(16)23-20(27-18)24-19(25)13-2-4-14(21)5-3-13/h2-8,22H,9-11H2,1H3,(H,23,24,25). The van der Waals surface area contributed by atoms with Gasteiger partial charge in [0.1, 0.15) is 17.1 Å². The Labute approximate surface area is 159 Å². The molecule has 0 unspecified atom stereocenters. The number of ether oxygens (including phenoxy) is 1. The van der Waals surface area contributed by atoms with Crippen LogP contribution >= 0.6 is 11.3 Å². The molecule has 1 aromatic heterocycles. The van der Waals surface area contributed by atoms with Gasteiger partial charge < -0.3 is 10.1 Å². The summed E-state index contributed by atoms with van der Waals surface area (Å²) in [5.41, 5.74) is 3.49. The van der Waals surface area contributed by atoms with Crippen LogP contribution in [0.25, 0.3) is 15.8 Å². The van der Waals surface area contributed by atoms with E-state index in [1.807, 2.05) is 12.1 Å². The number of thiazole rings is 1. The molecule has 0 bridgehead atoms. The first-order valence-corrected chi connectivity index (χ1v) is 9.42. The van der Waals surface area contributed by atoms with Crippen LogP contribution in [0, 0.1) is 5.82 Å². The van der Waals surface area contributed by atoms with Crippen LogP contribution < -0.4 is 15.4 Å². The molecule has 4 rings (SSSR count). The lowest BCUT2D eigenvalue weighted by molar-refractivity contribution is 0.102. The number of carbonyl (C=O) groups is 1. The number of methoxy groups -OCH3 is 1. The van der Waals surface area contributed by atoms with E-state index < -0.39 is 0 Å². The second kappa shape index (κ2) is 7.46. The zero-order chi connectivity index (χ0) is 18.8. The molecule has 0 radical (unpaired) electrons. The second-order valence-corrected chi connectivity index (χ2v) is 7.16. The van der Waals surface area contributed by atoms with E-state index in [1.165, 1.54) is 41.2 Å². The molecule has 0 aliphatic carbocycles. The Morgan fingerprint density at radius 2 is 2.07 bits per heavy atom. The van der Waals surface area contributed by atoms with Crippen LogP contribution in [0.5, 0.6) is 5.75 Å². The molecule has 3 aromatic rings. The molecule has 7 heteroatoms. The van der Waals surface area contributed by atoms with Gasteiger partial charge in [0.2, 0.25) is 0 Å². The van der Waals surface area contributed by atoms with E-state index in [4.69, 9.17) is 4.74 Å². The predicted octanol–water partition coefficient (Wildman–Crippen LogP) is 4.07. The van der Waals surface area contributed by atoms with Crippen LogP contribution in [0.3, 0.4) is 0 Å². The average molecular weight is 383 g/mol. The Hall–Kier alpha value is -2.77. The van der Waals surface area contributed by atoms with E-state index in [-0.39, 0.29) is 11.7 Å². The number of anilines is 1. The number of benzene rings is 2. The number of nitrogens with one attached hydrogen (secondary N) is 2. The number of halogens is 1. The Morgan fingerprint density at radius 1 is 1.26 bits per heavy atom. The quantitative estimate of drug-likeness (QED) is 0.713. The zero-order valence-electron chi connectivity index (χ0n) is 14.7. The molecule has 0 atom stereocenters. The lowest BCUT2D eigenvalue weighted by atomic mass is 10.00. The maximum atomic E-state index is 13.1. The highest BCUT2D eigenvalue weighted by molar-refractivity contribution is 7.22. The molecule has 2 heterocycles. The van der Waals surface area contributed by atoms with E-state index in [9.17, 15) is 9.18 Å². The van der Waals surface area contributed by atoms with Crippen molar-refractivity contribution in [1.29, 1.82) is 0 Å². The van der Waals surface area contributed by atoms with E-state index in [0.717, 1.165) is 35.3 Å². The molecule has 138 valence electrons. The van der Waals surface area contributed by atoms with Crippen molar-refractivity contribution in [3.05, 3.63) is 59.4 Å². The van der Waals surface area contributed by atoms with Crippen molar-refractivity contribution >= 4 is 38.2 Å². The molecule has 27 heavy (non-hydrogen) atoms. The molecular formula is C20H18FN3O2S. The molecule has 1 aliphatic heterocycles. The Morgan fingerprint density at radius 3 is 2.78 bits per heavy atom. The number of aromatic nitrogens is 1. The summed E-state index contributed by atoms with van der Waals surface area (Å²) in [6, 6.07) is 9.37. The molecule has 2 aromatic carbocycles. The molecule has 1 amide bonds. The number of rotatable bonds is 4. The SMILES string of the molecule is COc1ccc(C2=CCNCC2)c2sc(NC(=O)c3ccc(F)cc3)nc12. The lowest BCUT2D eigenvalue weighted by Gasteiger charge is -2.15. The molecule has 2 N–H and O–H groups in total. The monoisotopic (exact) mass is 383 g/mol. The minimum Gasteiger partial charge on any atom is -0.494 e. The predicted molar refractivity (Wildman–Crippen MR) is 106 cm³/mol. The lowest BCUT2D eigenvalue weighted by Crippen LogP contribution is -2.20. The number of hydrogen-bond donors (Lipinski definition) is 2. The highest BCUT2D eigenvalue weighted by Gasteiger charge is 2.18. The third-order valence-corrected chi connectivity index (χ3v) is 5.47. The average Bonchev–Trinajstić information content (AvgIpc) is 3.11. The Balaban J connectivity index is 1.71. The van der Waals surface area contributed by atoms with Crippen molar-refractivity contribution in [2.45, 2.75) is 6.42 Å². The third kappa shape index (κ3) is 3.56. The molecular weight excluding hydrogens is 365 g/mol. The topological polar surface area (TPSA) is 63.2 Å². The number of nitrogens with zero attached hydrogens (tertiary/aromatic N) is 1. The van der Waals surface area contributed by atoms with Crippen LogP contribution in [0.1, 0.15) is 22.3 Å². The molecule has 0 fully saturated rings. The smallest absolute Gasteiger partial charge is 0.257 e. The molecule has 1 aliphatic rings. The maximum Gasteiger partial charge on any atom is 0.257 e. The van der Waals surface area contributed by atoms with Crippen LogP contribution in [0.15, 0.2) is 42.5 Å². The van der Waals surface area contributed by atoms with E-state index in [0.29, 0.717) is 16.4 Å². The summed E-state index contributed by atoms with van der Waals surface area (Å²) in [5.74, 6) is -0.0337. The first-order chi connectivity index (χ1) is 13.2. The fourth-order valence-corrected chi connectivity index (χ4v) is 4.12. The van der Waals surface area contributed by atoms with Gasteiger partial charge in [-0.3, -0.25) is 10.1 Å². The molecule has 5 nitrogen and oxygen atoms in total. The van der Waals surface area contributed by atoms with Crippen molar-refractivity contribution in [2.75, 3.05) is 25.5 Å². The van der Waals surface area contributed by atoms with Gasteiger partial charge in [-0.2, -0.15) is 0 Å². The normalized spacial score (nSPS) is 14.1. The van der Waals surface area contributed by atoms with E-state index in [1.54, 1.807) is 7.11 Å². The summed E-state index contributed by atoms with van der Waals surface area (Å²) in [4.78, 5) is 17.0. The number of hydrogen-bond acceptors (Lipinski definition) is 5. The third-order valence-electron chi connectivity index (χ3n) is 4.46. The number of amides is 1. The fourth-order valence-electron chi connectivity index (χ4n) is 3.09. The van der Waals surface area contributed by atoms with E-state index in [2.05, 4.69) is 21.7 Å². The first-order valence-electron chi connectivity index (χ1n) is 8.60. The summed E-state index contributed by atoms with van der Waals surface area (Å²) >= 11 is 1.41. The summed E-state index contributed by atoms with van der Waals surface area (Å²) in [6.07, 6.45) is 3.12. The van der Waals surface area contributed by atoms with Gasteiger partial charge in [0.15, 0.2) is 5.13 Å². The van der Waals surface area contributed by atoms with Gasteiger partial charge in [0, 0.05) is 12.1 Å². The molecule has 0 spiro atoms. The highest BCUT2D eigenvalue weighted by atomic mass is 32.1. The summed E-state index contributed by atoms with van der Waals surface area (Å²) in [6.45, 7) is 1.78. The van der Waals surface area contributed by atoms with Gasteiger partial charge in [0.25, 0.3) is 5.91 Å². The summed E-state index contributed by atoms with van der Waals surface area (Å²) in [5, 5.41) is 6.60. The van der Waals surface area contributed by atoms with Gasteiger partial charge in [-0.1, -0.05) is 17.4 Å². The van der Waals surface area contributed by atoms with Crippen LogP contribution in [-0.2, 0) is 0 Å². The van der Waals surface area contributed by atoms with E-state index >= 15 is 0 Å². The number of carbonyl (C=O) groups excluding carboxylic acids is 1. The second-order valence-electron chi connectivity index (χ2n) is 6.16. The van der Waals surface area contributed by atoms with Crippen molar-refractivity contribution < 1.29 is 13.9 Å². The van der Waals surface area contributed by atoms with Crippen molar-refractivity contribution in [3.63, 3.8) is 0 Å². The fraction of sp³-hybridized carbons (Fsp3) is 0.200. The summed E-state index contributed by atoms with van der Waals surface area (Å²) < 4.78 is 19.5. The van der Waals surface area contributed by atoms with Gasteiger partial charge >= 0.3 is 0 Å². The zero-order valence-corrected chi connectivity index (χ0v) is 15.5. The van der Waals surface area contributed by atoms with Crippen LogP contribution in [0.2, 0.25) is 0 Å². The molecule has 0 saturated heterocycles. The minimum atomic E-state index is -0.379. The number of fused-ring (bicyclic) bond motifs is 1. The minimum absolute atomic E-state index is 0.323. The van der Waals surface area contributed by atoms with Gasteiger partial charge in [-0.25, -0.2) is 9.37 Å². The Kier molecular flexibility index (Phi) is 4.87. The van der Waals surface area contributed by atoms with Gasteiger partial charge in [0.05, 0.1) is 11.8 Å². The van der Waals surface area contributed by atoms with Crippen LogP contribution in [-0.4, -0.2) is 31.1 Å². The highest BCUT2D eigenvalue weighted by Crippen LogP contribution is 2.38.